The molecule has 3 rings (SSSR count). The maximum absolute atomic E-state index is 13.4. The van der Waals surface area contributed by atoms with E-state index in [2.05, 4.69) is 5.32 Å². The number of piperidine rings is 1. The van der Waals surface area contributed by atoms with E-state index in [-0.39, 0.29) is 18.5 Å². The number of amides is 3. The van der Waals surface area contributed by atoms with Gasteiger partial charge in [0.15, 0.2) is 0 Å². The van der Waals surface area contributed by atoms with Gasteiger partial charge in [-0.3, -0.25) is 9.59 Å². The summed E-state index contributed by atoms with van der Waals surface area (Å²) in [5.74, 6) is -1.72. The van der Waals surface area contributed by atoms with Crippen molar-refractivity contribution in [2.24, 2.45) is 0 Å². The van der Waals surface area contributed by atoms with E-state index in [0.29, 0.717) is 38.0 Å². The Morgan fingerprint density at radius 3 is 2.54 bits per heavy atom. The molecule has 0 atom stereocenters. The number of likely N-dealkylation sites (N-methyl/N-ethyl adjacent to an activating group) is 1. The van der Waals surface area contributed by atoms with Crippen molar-refractivity contribution in [2.45, 2.75) is 31.9 Å². The van der Waals surface area contributed by atoms with Crippen molar-refractivity contribution in [3.8, 4) is 0 Å². The third-order valence-electron chi connectivity index (χ3n) is 4.85. The fourth-order valence-corrected chi connectivity index (χ4v) is 3.49. The van der Waals surface area contributed by atoms with E-state index in [1.165, 1.54) is 21.9 Å². The molecule has 2 heterocycles. The Kier molecular flexibility index (Phi) is 4.84. The molecule has 1 N–H and O–H groups in total. The zero-order valence-corrected chi connectivity index (χ0v) is 14.9. The van der Waals surface area contributed by atoms with Crippen LogP contribution in [0, 0.1) is 12.7 Å². The molecular formula is C18H22FN3O4. The molecule has 3 amide bonds. The van der Waals surface area contributed by atoms with Crippen LogP contribution in [0.1, 0.15) is 24.0 Å². The van der Waals surface area contributed by atoms with Crippen molar-refractivity contribution in [3.05, 3.63) is 35.1 Å². The van der Waals surface area contributed by atoms with Crippen LogP contribution in [0.2, 0.25) is 0 Å². The second-order valence-corrected chi connectivity index (χ2v) is 7.02. The van der Waals surface area contributed by atoms with Gasteiger partial charge in [0.25, 0.3) is 0 Å². The molecule has 1 spiro atoms. The minimum absolute atomic E-state index is 0.0867. The Bertz CT molecular complexity index is 724. The maximum atomic E-state index is 13.4. The van der Waals surface area contributed by atoms with Gasteiger partial charge in [0.2, 0.25) is 0 Å². The molecule has 8 heteroatoms. The lowest BCUT2D eigenvalue weighted by atomic mass is 9.91. The summed E-state index contributed by atoms with van der Waals surface area (Å²) in [6.07, 6.45) is 0.657. The van der Waals surface area contributed by atoms with Gasteiger partial charge >= 0.3 is 17.9 Å². The minimum Gasteiger partial charge on any atom is -0.441 e. The summed E-state index contributed by atoms with van der Waals surface area (Å²) < 4.78 is 18.8. The number of aryl methyl sites for hydroxylation is 1. The van der Waals surface area contributed by atoms with Gasteiger partial charge in [-0.25, -0.2) is 9.18 Å². The highest BCUT2D eigenvalue weighted by atomic mass is 19.1. The Morgan fingerprint density at radius 1 is 1.27 bits per heavy atom. The van der Waals surface area contributed by atoms with Gasteiger partial charge in [-0.2, -0.15) is 0 Å². The average molecular weight is 363 g/mol. The summed E-state index contributed by atoms with van der Waals surface area (Å²) in [6, 6.07) is 4.48. The summed E-state index contributed by atoms with van der Waals surface area (Å²) in [5.41, 5.74) is 0.790. The third kappa shape index (κ3) is 3.79. The van der Waals surface area contributed by atoms with Gasteiger partial charge in [-0.1, -0.05) is 6.07 Å². The molecule has 140 valence electrons. The highest BCUT2D eigenvalue weighted by Gasteiger charge is 2.46. The summed E-state index contributed by atoms with van der Waals surface area (Å²) in [6.45, 7) is 3.05. The number of nitrogens with zero attached hydrogens (tertiary/aromatic N) is 2. The molecule has 2 fully saturated rings. The van der Waals surface area contributed by atoms with Crippen LogP contribution < -0.4 is 5.32 Å². The average Bonchev–Trinajstić information content (AvgIpc) is 2.85. The van der Waals surface area contributed by atoms with Crippen LogP contribution in [0.15, 0.2) is 18.2 Å². The number of hydrogen-bond acceptors (Lipinski definition) is 4. The number of nitrogens with one attached hydrogen (secondary N) is 1. The minimum atomic E-state index is -0.719. The molecule has 0 bridgehead atoms. The number of benzene rings is 1. The highest BCUT2D eigenvalue weighted by molar-refractivity contribution is 6.35. The van der Waals surface area contributed by atoms with Crippen LogP contribution >= 0.6 is 0 Å². The first-order chi connectivity index (χ1) is 12.3. The fraction of sp³-hybridized carbons (Fsp3) is 0.500. The Labute approximate surface area is 151 Å². The number of halogens is 1. The monoisotopic (exact) mass is 363 g/mol. The van der Waals surface area contributed by atoms with Crippen molar-refractivity contribution in [2.75, 3.05) is 26.7 Å². The molecule has 2 saturated heterocycles. The lowest BCUT2D eigenvalue weighted by Gasteiger charge is -2.36. The predicted molar refractivity (Wildman–Crippen MR) is 90.6 cm³/mol. The van der Waals surface area contributed by atoms with Gasteiger partial charge in [0, 0.05) is 39.5 Å². The lowest BCUT2D eigenvalue weighted by molar-refractivity contribution is -0.148. The number of carbonyl (C=O) groups excluding carboxylic acids is 3. The van der Waals surface area contributed by atoms with E-state index in [0.717, 1.165) is 5.56 Å². The number of hydrogen-bond donors (Lipinski definition) is 1. The number of rotatable bonds is 2. The Hall–Kier alpha value is -2.64. The topological polar surface area (TPSA) is 79.0 Å². The van der Waals surface area contributed by atoms with Gasteiger partial charge in [-0.05, 0) is 30.2 Å². The van der Waals surface area contributed by atoms with Crippen LogP contribution in [0.3, 0.4) is 0 Å². The van der Waals surface area contributed by atoms with Gasteiger partial charge < -0.3 is 19.9 Å². The molecule has 0 aliphatic carbocycles. The maximum Gasteiger partial charge on any atom is 0.410 e. The van der Waals surface area contributed by atoms with E-state index in [4.69, 9.17) is 4.74 Å². The Balaban J connectivity index is 1.52. The van der Waals surface area contributed by atoms with Crippen molar-refractivity contribution in [1.82, 2.24) is 15.1 Å². The number of carbonyl (C=O) groups is 3. The number of ether oxygens (including phenoxy) is 1. The van der Waals surface area contributed by atoms with Crippen molar-refractivity contribution in [1.29, 1.82) is 0 Å². The van der Waals surface area contributed by atoms with E-state index >= 15 is 0 Å². The molecule has 2 aliphatic rings. The van der Waals surface area contributed by atoms with Crippen molar-refractivity contribution in [3.63, 3.8) is 0 Å². The fourth-order valence-electron chi connectivity index (χ4n) is 3.49. The summed E-state index contributed by atoms with van der Waals surface area (Å²) in [4.78, 5) is 39.0. The zero-order chi connectivity index (χ0) is 18.9. The van der Waals surface area contributed by atoms with Crippen LogP contribution in [-0.4, -0.2) is 60.0 Å². The van der Waals surface area contributed by atoms with Crippen molar-refractivity contribution < 1.29 is 23.5 Å². The Morgan fingerprint density at radius 2 is 1.96 bits per heavy atom. The molecule has 0 unspecified atom stereocenters. The normalized spacial score (nSPS) is 18.8. The largest absolute Gasteiger partial charge is 0.441 e. The van der Waals surface area contributed by atoms with Crippen LogP contribution in [0.5, 0.6) is 0 Å². The van der Waals surface area contributed by atoms with Crippen LogP contribution in [0.4, 0.5) is 9.18 Å². The quantitative estimate of drug-likeness (QED) is 0.801. The predicted octanol–water partition coefficient (Wildman–Crippen LogP) is 1.19. The molecule has 2 aliphatic heterocycles. The molecular weight excluding hydrogens is 341 g/mol. The van der Waals surface area contributed by atoms with E-state index in [9.17, 15) is 18.8 Å². The molecule has 1 aromatic rings. The standard InChI is InChI=1S/C18H22FN3O4/c1-12-7-13(9-14(19)8-12)10-20-15(23)16(24)22-5-3-18(4-6-22)11-21(2)17(25)26-18/h7-9H,3-6,10-11H2,1-2H3,(H,20,23). The van der Waals surface area contributed by atoms with E-state index in [1.54, 1.807) is 20.0 Å². The molecule has 0 aromatic heterocycles. The lowest BCUT2D eigenvalue weighted by Crippen LogP contribution is -2.52. The van der Waals surface area contributed by atoms with Gasteiger partial charge in [-0.15, -0.1) is 0 Å². The molecule has 0 radical (unpaired) electrons. The molecule has 1 aromatic carbocycles. The third-order valence-corrected chi connectivity index (χ3v) is 4.85. The summed E-state index contributed by atoms with van der Waals surface area (Å²) in [5, 5.41) is 2.54. The van der Waals surface area contributed by atoms with Crippen LogP contribution in [0.25, 0.3) is 0 Å². The molecule has 7 nitrogen and oxygen atoms in total. The van der Waals surface area contributed by atoms with E-state index in [1.807, 2.05) is 0 Å². The first kappa shape index (κ1) is 18.2. The SMILES string of the molecule is Cc1cc(F)cc(CNC(=O)C(=O)N2CCC3(CC2)CN(C)C(=O)O3)c1. The first-order valence-corrected chi connectivity index (χ1v) is 8.55. The molecule has 0 saturated carbocycles. The summed E-state index contributed by atoms with van der Waals surface area (Å²) >= 11 is 0. The molecule has 26 heavy (non-hydrogen) atoms. The van der Waals surface area contributed by atoms with Gasteiger partial charge in [0.05, 0.1) is 6.54 Å². The second kappa shape index (κ2) is 6.93. The first-order valence-electron chi connectivity index (χ1n) is 8.55. The van der Waals surface area contributed by atoms with Crippen molar-refractivity contribution >= 4 is 17.9 Å². The smallest absolute Gasteiger partial charge is 0.410 e. The summed E-state index contributed by atoms with van der Waals surface area (Å²) in [7, 11) is 1.68. The second-order valence-electron chi connectivity index (χ2n) is 7.02. The van der Waals surface area contributed by atoms with E-state index < -0.39 is 17.4 Å². The van der Waals surface area contributed by atoms with Crippen LogP contribution in [-0.2, 0) is 20.9 Å². The number of likely N-dealkylation sites (tertiary alicyclic amines) is 1. The highest BCUT2D eigenvalue weighted by Crippen LogP contribution is 2.32. The zero-order valence-electron chi connectivity index (χ0n) is 14.9. The van der Waals surface area contributed by atoms with Gasteiger partial charge in [0.1, 0.15) is 11.4 Å².